The number of benzene rings is 1. The number of carbonyl (C=O) groups excluding carboxylic acids is 1. The van der Waals surface area contributed by atoms with Crippen LogP contribution in [0.25, 0.3) is 10.8 Å². The van der Waals surface area contributed by atoms with Crippen molar-refractivity contribution in [1.29, 1.82) is 0 Å². The number of rotatable bonds is 2. The predicted molar refractivity (Wildman–Crippen MR) is 71.3 cm³/mol. The molecule has 2 aromatic rings. The molecule has 2 rings (SSSR count). The summed E-state index contributed by atoms with van der Waals surface area (Å²) in [6.45, 7) is 5.62. The number of aromatic nitrogens is 1. The third-order valence-corrected chi connectivity index (χ3v) is 2.47. The molecule has 0 saturated carbocycles. The van der Waals surface area contributed by atoms with E-state index in [1.54, 1.807) is 6.20 Å². The maximum atomic E-state index is 11.7. The fourth-order valence-electron chi connectivity index (χ4n) is 1.79. The minimum absolute atomic E-state index is 0.198. The fraction of sp³-hybridized carbons (Fsp3) is 0.333. The van der Waals surface area contributed by atoms with Crippen molar-refractivity contribution < 1.29 is 9.53 Å². The molecule has 18 heavy (non-hydrogen) atoms. The van der Waals surface area contributed by atoms with Crippen molar-refractivity contribution in [3.05, 3.63) is 42.2 Å². The van der Waals surface area contributed by atoms with Gasteiger partial charge in [-0.25, -0.2) is 0 Å². The Morgan fingerprint density at radius 2 is 2.00 bits per heavy atom. The molecule has 0 radical (unpaired) electrons. The van der Waals surface area contributed by atoms with Gasteiger partial charge in [-0.15, -0.1) is 0 Å². The molecule has 1 aromatic heterocycles. The maximum absolute atomic E-state index is 11.7. The van der Waals surface area contributed by atoms with Gasteiger partial charge in [0.15, 0.2) is 0 Å². The fourth-order valence-corrected chi connectivity index (χ4v) is 1.79. The molecular weight excluding hydrogens is 226 g/mol. The number of esters is 1. The quantitative estimate of drug-likeness (QED) is 0.761. The highest BCUT2D eigenvalue weighted by molar-refractivity contribution is 5.83. The van der Waals surface area contributed by atoms with Crippen LogP contribution >= 0.6 is 0 Å². The van der Waals surface area contributed by atoms with E-state index in [1.807, 2.05) is 51.2 Å². The molecule has 0 amide bonds. The van der Waals surface area contributed by atoms with Gasteiger partial charge in [0, 0.05) is 17.8 Å². The van der Waals surface area contributed by atoms with Crippen LogP contribution in [0.3, 0.4) is 0 Å². The van der Waals surface area contributed by atoms with Gasteiger partial charge in [-0.05, 0) is 37.8 Å². The monoisotopic (exact) mass is 243 g/mol. The van der Waals surface area contributed by atoms with Crippen molar-refractivity contribution in [2.75, 3.05) is 0 Å². The van der Waals surface area contributed by atoms with E-state index < -0.39 is 5.60 Å². The molecule has 0 unspecified atom stereocenters. The van der Waals surface area contributed by atoms with E-state index in [1.165, 1.54) is 0 Å². The number of fused-ring (bicyclic) bond motifs is 1. The normalized spacial score (nSPS) is 11.5. The summed E-state index contributed by atoms with van der Waals surface area (Å²) in [5.74, 6) is -0.198. The molecule has 3 heteroatoms. The summed E-state index contributed by atoms with van der Waals surface area (Å²) >= 11 is 0. The zero-order chi connectivity index (χ0) is 13.2. The van der Waals surface area contributed by atoms with Crippen LogP contribution in [-0.2, 0) is 16.0 Å². The molecule has 0 aliphatic rings. The molecule has 94 valence electrons. The van der Waals surface area contributed by atoms with Crippen LogP contribution in [0.5, 0.6) is 0 Å². The lowest BCUT2D eigenvalue weighted by Gasteiger charge is -2.19. The lowest BCUT2D eigenvalue weighted by Crippen LogP contribution is -2.24. The molecule has 0 spiro atoms. The second kappa shape index (κ2) is 4.77. The highest BCUT2D eigenvalue weighted by Gasteiger charge is 2.16. The van der Waals surface area contributed by atoms with Gasteiger partial charge in [0.25, 0.3) is 0 Å². The lowest BCUT2D eigenvalue weighted by molar-refractivity contribution is -0.153. The summed E-state index contributed by atoms with van der Waals surface area (Å²) in [6.07, 6.45) is 3.86. The molecule has 0 aliphatic carbocycles. The van der Waals surface area contributed by atoms with Gasteiger partial charge in [-0.2, -0.15) is 0 Å². The Morgan fingerprint density at radius 3 is 2.72 bits per heavy atom. The first-order chi connectivity index (χ1) is 8.44. The highest BCUT2D eigenvalue weighted by atomic mass is 16.6. The molecule has 0 saturated heterocycles. The van der Waals surface area contributed by atoms with Crippen LogP contribution in [0.2, 0.25) is 0 Å². The van der Waals surface area contributed by atoms with Crippen molar-refractivity contribution in [3.63, 3.8) is 0 Å². The van der Waals surface area contributed by atoms with Gasteiger partial charge in [0.2, 0.25) is 0 Å². The summed E-state index contributed by atoms with van der Waals surface area (Å²) in [7, 11) is 0. The minimum atomic E-state index is -0.433. The first kappa shape index (κ1) is 12.6. The number of pyridine rings is 1. The van der Waals surface area contributed by atoms with Crippen molar-refractivity contribution in [2.24, 2.45) is 0 Å². The Labute approximate surface area is 107 Å². The average Bonchev–Trinajstić information content (AvgIpc) is 2.26. The molecule has 0 atom stereocenters. The minimum Gasteiger partial charge on any atom is -0.460 e. The standard InChI is InChI=1S/C15H17NO2/c1-15(2,3)18-14(17)9-11-4-5-13-10-16-7-6-12(13)8-11/h4-8,10H,9H2,1-3H3. The Hall–Kier alpha value is -1.90. The van der Waals surface area contributed by atoms with Gasteiger partial charge in [-0.1, -0.05) is 18.2 Å². The van der Waals surface area contributed by atoms with Gasteiger partial charge in [0.1, 0.15) is 5.60 Å². The summed E-state index contributed by atoms with van der Waals surface area (Å²) in [6, 6.07) is 7.85. The van der Waals surface area contributed by atoms with Crippen LogP contribution in [-0.4, -0.2) is 16.6 Å². The van der Waals surface area contributed by atoms with E-state index in [9.17, 15) is 4.79 Å². The average molecular weight is 243 g/mol. The number of nitrogens with zero attached hydrogens (tertiary/aromatic N) is 1. The van der Waals surface area contributed by atoms with Crippen LogP contribution in [0.1, 0.15) is 26.3 Å². The first-order valence-corrected chi connectivity index (χ1v) is 5.98. The van der Waals surface area contributed by atoms with Gasteiger partial charge in [-0.3, -0.25) is 9.78 Å². The molecular formula is C15H17NO2. The molecule has 0 bridgehead atoms. The second-order valence-corrected chi connectivity index (χ2v) is 5.32. The van der Waals surface area contributed by atoms with E-state index in [0.717, 1.165) is 16.3 Å². The van der Waals surface area contributed by atoms with Gasteiger partial charge < -0.3 is 4.74 Å². The number of carbonyl (C=O) groups is 1. The Bertz CT molecular complexity index is 570. The number of hydrogen-bond donors (Lipinski definition) is 0. The van der Waals surface area contributed by atoms with Crippen LogP contribution in [0, 0.1) is 0 Å². The SMILES string of the molecule is CC(C)(C)OC(=O)Cc1ccc2cnccc2c1. The third kappa shape index (κ3) is 3.29. The van der Waals surface area contributed by atoms with E-state index in [0.29, 0.717) is 6.42 Å². The Morgan fingerprint density at radius 1 is 1.22 bits per heavy atom. The molecule has 0 fully saturated rings. The molecule has 1 heterocycles. The first-order valence-electron chi connectivity index (χ1n) is 5.98. The maximum Gasteiger partial charge on any atom is 0.310 e. The van der Waals surface area contributed by atoms with Crippen molar-refractivity contribution in [1.82, 2.24) is 4.98 Å². The highest BCUT2D eigenvalue weighted by Crippen LogP contribution is 2.16. The molecule has 0 aliphatic heterocycles. The zero-order valence-corrected chi connectivity index (χ0v) is 10.9. The summed E-state index contributed by atoms with van der Waals surface area (Å²) in [4.78, 5) is 15.8. The van der Waals surface area contributed by atoms with Crippen molar-refractivity contribution >= 4 is 16.7 Å². The van der Waals surface area contributed by atoms with E-state index in [4.69, 9.17) is 4.74 Å². The third-order valence-electron chi connectivity index (χ3n) is 2.47. The van der Waals surface area contributed by atoms with E-state index >= 15 is 0 Å². The lowest BCUT2D eigenvalue weighted by atomic mass is 10.1. The van der Waals surface area contributed by atoms with Gasteiger partial charge in [0.05, 0.1) is 6.42 Å². The van der Waals surface area contributed by atoms with E-state index in [2.05, 4.69) is 4.98 Å². The largest absolute Gasteiger partial charge is 0.460 e. The summed E-state index contributed by atoms with van der Waals surface area (Å²) < 4.78 is 5.30. The smallest absolute Gasteiger partial charge is 0.310 e. The molecule has 3 nitrogen and oxygen atoms in total. The zero-order valence-electron chi connectivity index (χ0n) is 10.9. The van der Waals surface area contributed by atoms with Crippen LogP contribution in [0.4, 0.5) is 0 Å². The number of ether oxygens (including phenoxy) is 1. The second-order valence-electron chi connectivity index (χ2n) is 5.32. The predicted octanol–water partition coefficient (Wildman–Crippen LogP) is 3.12. The van der Waals surface area contributed by atoms with E-state index in [-0.39, 0.29) is 5.97 Å². The van der Waals surface area contributed by atoms with Gasteiger partial charge >= 0.3 is 5.97 Å². The summed E-state index contributed by atoms with van der Waals surface area (Å²) in [5, 5.41) is 2.16. The van der Waals surface area contributed by atoms with Crippen molar-refractivity contribution in [2.45, 2.75) is 32.8 Å². The van der Waals surface area contributed by atoms with Crippen molar-refractivity contribution in [3.8, 4) is 0 Å². The molecule has 1 aromatic carbocycles. The number of hydrogen-bond acceptors (Lipinski definition) is 3. The topological polar surface area (TPSA) is 39.2 Å². The summed E-state index contributed by atoms with van der Waals surface area (Å²) in [5.41, 5.74) is 0.528. The molecule has 0 N–H and O–H groups in total. The van der Waals surface area contributed by atoms with Crippen LogP contribution in [0.15, 0.2) is 36.7 Å². The Balaban J connectivity index is 2.15. The van der Waals surface area contributed by atoms with Crippen LogP contribution < -0.4 is 0 Å². The Kier molecular flexibility index (Phi) is 3.32.